The quantitative estimate of drug-likeness (QED) is 0.370. The molecule has 1 N–H and O–H groups in total. The number of nitrogens with one attached hydrogen (secondary N) is 1. The van der Waals surface area contributed by atoms with Crippen LogP contribution < -0.4 is 4.72 Å². The van der Waals surface area contributed by atoms with Crippen LogP contribution in [0.5, 0.6) is 0 Å². The number of hydrogen-bond acceptors (Lipinski definition) is 4. The first-order valence-electron chi connectivity index (χ1n) is 13.5. The molecule has 9 heteroatoms. The van der Waals surface area contributed by atoms with Crippen molar-refractivity contribution < 1.29 is 21.9 Å². The van der Waals surface area contributed by atoms with Gasteiger partial charge in [-0.3, -0.25) is 4.72 Å². The van der Waals surface area contributed by atoms with Gasteiger partial charge >= 0.3 is 0 Å². The molecule has 5 nitrogen and oxygen atoms in total. The number of ether oxygens (including phenoxy) is 1. The molecule has 0 amide bonds. The SMILES string of the molecule is CCOC1(CCCN2CC3C(C2)C3(CC)c2cccc(NS(=O)(=O)C3CC3)c2)CCC(F)(F)CC1.Cl. The van der Waals surface area contributed by atoms with Crippen LogP contribution in [0.4, 0.5) is 14.5 Å². The van der Waals surface area contributed by atoms with Crippen molar-refractivity contribution in [3.63, 3.8) is 0 Å². The van der Waals surface area contributed by atoms with Crippen molar-refractivity contribution in [1.82, 2.24) is 4.90 Å². The molecule has 36 heavy (non-hydrogen) atoms. The van der Waals surface area contributed by atoms with Gasteiger partial charge in [-0.05, 0) is 87.9 Å². The lowest BCUT2D eigenvalue weighted by atomic mass is 9.79. The molecule has 1 saturated heterocycles. The molecule has 0 aromatic heterocycles. The number of halogens is 3. The zero-order valence-corrected chi connectivity index (χ0v) is 23.1. The van der Waals surface area contributed by atoms with Gasteiger partial charge in [-0.2, -0.15) is 0 Å². The Labute approximate surface area is 221 Å². The molecule has 3 aliphatic carbocycles. The summed E-state index contributed by atoms with van der Waals surface area (Å²) in [6, 6.07) is 8.04. The first-order valence-corrected chi connectivity index (χ1v) is 15.0. The van der Waals surface area contributed by atoms with Crippen LogP contribution in [0, 0.1) is 11.8 Å². The summed E-state index contributed by atoms with van der Waals surface area (Å²) in [5.41, 5.74) is 1.70. The van der Waals surface area contributed by atoms with Gasteiger partial charge in [0, 0.05) is 43.6 Å². The van der Waals surface area contributed by atoms with Gasteiger partial charge in [-0.15, -0.1) is 12.4 Å². The van der Waals surface area contributed by atoms with E-state index in [4.69, 9.17) is 4.74 Å². The summed E-state index contributed by atoms with van der Waals surface area (Å²) in [7, 11) is -3.26. The van der Waals surface area contributed by atoms with Crippen molar-refractivity contribution in [2.24, 2.45) is 11.8 Å². The van der Waals surface area contributed by atoms with E-state index in [2.05, 4.69) is 28.7 Å². The zero-order valence-electron chi connectivity index (χ0n) is 21.5. The van der Waals surface area contributed by atoms with Gasteiger partial charge in [0.15, 0.2) is 0 Å². The van der Waals surface area contributed by atoms with Crippen LogP contribution >= 0.6 is 12.4 Å². The Bertz CT molecular complexity index is 1010. The third-order valence-corrected chi connectivity index (χ3v) is 11.1. The predicted octanol–water partition coefficient (Wildman–Crippen LogP) is 5.99. The number of benzene rings is 1. The molecule has 3 saturated carbocycles. The maximum absolute atomic E-state index is 13.7. The molecule has 2 atom stereocenters. The second-order valence-electron chi connectivity index (χ2n) is 11.4. The first-order chi connectivity index (χ1) is 16.6. The molecule has 1 aromatic rings. The van der Waals surface area contributed by atoms with E-state index in [0.717, 1.165) is 51.7 Å². The van der Waals surface area contributed by atoms with Crippen LogP contribution in [0.3, 0.4) is 0 Å². The number of fused-ring (bicyclic) bond motifs is 1. The Kier molecular flexibility index (Phi) is 8.03. The van der Waals surface area contributed by atoms with E-state index in [-0.39, 0.29) is 41.5 Å². The highest BCUT2D eigenvalue weighted by Crippen LogP contribution is 2.65. The van der Waals surface area contributed by atoms with Crippen molar-refractivity contribution in [3.8, 4) is 0 Å². The standard InChI is InChI=1S/C27H40F2N2O3S.ClH/c1-3-27(20-7-5-8-21(17-20)30-35(32,33)22-9-10-22)23-18-31(19-24(23)27)16-6-11-25(34-4-2)12-14-26(28,29)15-13-25;/h5,7-8,17,22-24,30H,3-4,6,9-16,18-19H2,1-2H3;1H. The molecule has 0 bridgehead atoms. The third-order valence-electron chi connectivity index (χ3n) is 9.27. The fourth-order valence-corrected chi connectivity index (χ4v) is 8.50. The van der Waals surface area contributed by atoms with Crippen LogP contribution in [0.2, 0.25) is 0 Å². The molecule has 0 spiro atoms. The maximum Gasteiger partial charge on any atom is 0.248 e. The Morgan fingerprint density at radius 1 is 1.08 bits per heavy atom. The number of nitrogens with zero attached hydrogens (tertiary/aromatic N) is 1. The number of anilines is 1. The normalized spacial score (nSPS) is 30.9. The molecular weight excluding hydrogens is 506 g/mol. The van der Waals surface area contributed by atoms with E-state index in [0.29, 0.717) is 37.0 Å². The molecule has 4 aliphatic rings. The maximum atomic E-state index is 13.7. The summed E-state index contributed by atoms with van der Waals surface area (Å²) in [5, 5.41) is -0.230. The molecular formula is C27H41ClF2N2O3S. The van der Waals surface area contributed by atoms with Crippen LogP contribution in [-0.4, -0.2) is 56.3 Å². The molecule has 1 aliphatic heterocycles. The van der Waals surface area contributed by atoms with E-state index in [1.54, 1.807) is 0 Å². The molecule has 5 rings (SSSR count). The summed E-state index contributed by atoms with van der Waals surface area (Å²) in [6.45, 7) is 7.87. The molecule has 204 valence electrons. The lowest BCUT2D eigenvalue weighted by Gasteiger charge is -2.40. The van der Waals surface area contributed by atoms with Crippen molar-refractivity contribution in [3.05, 3.63) is 29.8 Å². The van der Waals surface area contributed by atoms with E-state index < -0.39 is 15.9 Å². The molecule has 4 fully saturated rings. The minimum absolute atomic E-state index is 0. The van der Waals surface area contributed by atoms with Gasteiger partial charge in [-0.1, -0.05) is 19.1 Å². The topological polar surface area (TPSA) is 58.6 Å². The number of alkyl halides is 2. The van der Waals surface area contributed by atoms with Gasteiger partial charge in [-0.25, -0.2) is 17.2 Å². The van der Waals surface area contributed by atoms with Crippen LogP contribution in [0.1, 0.15) is 77.2 Å². The van der Waals surface area contributed by atoms with E-state index in [9.17, 15) is 17.2 Å². The largest absolute Gasteiger partial charge is 0.375 e. The van der Waals surface area contributed by atoms with Gasteiger partial charge in [0.2, 0.25) is 15.9 Å². The minimum Gasteiger partial charge on any atom is -0.375 e. The molecule has 2 unspecified atom stereocenters. The first kappa shape index (κ1) is 28.1. The Morgan fingerprint density at radius 3 is 2.33 bits per heavy atom. The van der Waals surface area contributed by atoms with Crippen molar-refractivity contribution in [1.29, 1.82) is 0 Å². The van der Waals surface area contributed by atoms with Crippen LogP contribution in [-0.2, 0) is 20.2 Å². The lowest BCUT2D eigenvalue weighted by molar-refractivity contribution is -0.134. The van der Waals surface area contributed by atoms with E-state index in [1.807, 2.05) is 19.1 Å². The Hall–Kier alpha value is -0.960. The fraction of sp³-hybridized carbons (Fsp3) is 0.778. The highest BCUT2D eigenvalue weighted by Gasteiger charge is 2.67. The molecule has 0 radical (unpaired) electrons. The third kappa shape index (κ3) is 5.43. The monoisotopic (exact) mass is 546 g/mol. The van der Waals surface area contributed by atoms with Gasteiger partial charge in [0.05, 0.1) is 10.9 Å². The average molecular weight is 547 g/mol. The number of rotatable bonds is 11. The van der Waals surface area contributed by atoms with Crippen LogP contribution in [0.25, 0.3) is 0 Å². The van der Waals surface area contributed by atoms with E-state index in [1.165, 1.54) is 5.56 Å². The second-order valence-corrected chi connectivity index (χ2v) is 13.3. The highest BCUT2D eigenvalue weighted by molar-refractivity contribution is 7.93. The Balaban J connectivity index is 0.00000304. The number of likely N-dealkylation sites (tertiary alicyclic amines) is 1. The molecule has 1 aromatic carbocycles. The summed E-state index contributed by atoms with van der Waals surface area (Å²) in [5.74, 6) is -1.34. The van der Waals surface area contributed by atoms with Gasteiger partial charge in [0.1, 0.15) is 0 Å². The predicted molar refractivity (Wildman–Crippen MR) is 142 cm³/mol. The van der Waals surface area contributed by atoms with Crippen molar-refractivity contribution in [2.75, 3.05) is 31.0 Å². The minimum atomic E-state index is -3.26. The van der Waals surface area contributed by atoms with Gasteiger partial charge in [0.25, 0.3) is 0 Å². The number of piperidine rings is 1. The zero-order chi connectivity index (χ0) is 24.9. The number of sulfonamides is 1. The van der Waals surface area contributed by atoms with Gasteiger partial charge < -0.3 is 9.64 Å². The average Bonchev–Trinajstić information content (AvgIpc) is 3.72. The summed E-state index contributed by atoms with van der Waals surface area (Å²) < 4.78 is 61.0. The summed E-state index contributed by atoms with van der Waals surface area (Å²) >= 11 is 0. The lowest BCUT2D eigenvalue weighted by Crippen LogP contribution is -2.41. The van der Waals surface area contributed by atoms with Crippen molar-refractivity contribution >= 4 is 28.1 Å². The highest BCUT2D eigenvalue weighted by atomic mass is 35.5. The summed E-state index contributed by atoms with van der Waals surface area (Å²) in [6.07, 6.45) is 5.19. The Morgan fingerprint density at radius 2 is 1.75 bits per heavy atom. The van der Waals surface area contributed by atoms with Crippen molar-refractivity contribution in [2.45, 2.75) is 93.8 Å². The number of hydrogen-bond donors (Lipinski definition) is 1. The smallest absolute Gasteiger partial charge is 0.248 e. The van der Waals surface area contributed by atoms with E-state index >= 15 is 0 Å². The fourth-order valence-electron chi connectivity index (χ4n) is 7.12. The second kappa shape index (κ2) is 10.3. The molecule has 1 heterocycles. The van der Waals surface area contributed by atoms with Crippen LogP contribution in [0.15, 0.2) is 24.3 Å². The summed E-state index contributed by atoms with van der Waals surface area (Å²) in [4.78, 5) is 2.53.